The number of aromatic hydroxyl groups is 4. The summed E-state index contributed by atoms with van der Waals surface area (Å²) in [5.41, 5.74) is 4.43. The van der Waals surface area contributed by atoms with Crippen LogP contribution in [0.4, 0.5) is 0 Å². The standard InChI is InChI=1S/C32H19N2O6S4/c35-19-9-13(33-15-1-5-41-29(15)30-16(33)2-6-42-30)10-20(36)23(19)25-27(39)26(28(25)40)24-21(37)11-14(12-22(24)38)34-17-3-7-43-31(17)32-18(34)4-8-44-32/h1-12,25-27,35-38H/q-1. The fraction of sp³-hybridized carbons (Fsp3) is 0.0938. The number of carbonyl (C=O) groups is 1. The van der Waals surface area contributed by atoms with Crippen LogP contribution in [0.1, 0.15) is 23.0 Å². The maximum absolute atomic E-state index is 13.6. The molecule has 44 heavy (non-hydrogen) atoms. The molecule has 6 heterocycles. The predicted molar refractivity (Wildman–Crippen MR) is 174 cm³/mol. The molecule has 218 valence electrons. The second-order valence-corrected chi connectivity index (χ2v) is 14.5. The number of aromatic nitrogens is 2. The monoisotopic (exact) mass is 655 g/mol. The first-order valence-electron chi connectivity index (χ1n) is 13.6. The fourth-order valence-electron chi connectivity index (χ4n) is 6.73. The highest BCUT2D eigenvalue weighted by molar-refractivity contribution is 7.26. The number of benzene rings is 2. The van der Waals surface area contributed by atoms with E-state index in [0.29, 0.717) is 11.4 Å². The van der Waals surface area contributed by atoms with Crippen molar-refractivity contribution in [3.05, 3.63) is 81.2 Å². The van der Waals surface area contributed by atoms with Gasteiger partial charge in [-0.15, -0.1) is 45.3 Å². The van der Waals surface area contributed by atoms with Gasteiger partial charge in [0.15, 0.2) is 0 Å². The maximum Gasteiger partial charge on any atom is 0.146 e. The van der Waals surface area contributed by atoms with Gasteiger partial charge in [-0.2, -0.15) is 0 Å². The second-order valence-electron chi connectivity index (χ2n) is 10.8. The van der Waals surface area contributed by atoms with E-state index in [-0.39, 0.29) is 34.1 Å². The van der Waals surface area contributed by atoms with E-state index in [4.69, 9.17) is 0 Å². The molecule has 6 aromatic heterocycles. The predicted octanol–water partition coefficient (Wildman–Crippen LogP) is 7.13. The van der Waals surface area contributed by atoms with Gasteiger partial charge in [0.25, 0.3) is 0 Å². The minimum absolute atomic E-state index is 0.145. The van der Waals surface area contributed by atoms with Gasteiger partial charge in [0.2, 0.25) is 0 Å². The molecule has 9 rings (SSSR count). The average Bonchev–Trinajstić information content (AvgIpc) is 3.80. The first kappa shape index (κ1) is 26.1. The summed E-state index contributed by atoms with van der Waals surface area (Å²) in [5, 5.41) is 65.8. The van der Waals surface area contributed by atoms with Gasteiger partial charge < -0.3 is 34.7 Å². The number of phenols is 4. The van der Waals surface area contributed by atoms with Crippen LogP contribution in [0.2, 0.25) is 0 Å². The molecule has 2 atom stereocenters. The van der Waals surface area contributed by atoms with Crippen molar-refractivity contribution in [1.29, 1.82) is 0 Å². The SMILES string of the molecule is O=C1C(c2c(O)cc(-n3c4ccsc4c4sccc43)cc2O)C([O-])C1c1c(O)cc(-n2c3ccsc3c3sccc32)cc1O. The number of phenolic OH excluding ortho intramolecular Hbond substituents is 4. The van der Waals surface area contributed by atoms with Crippen LogP contribution >= 0.6 is 45.3 Å². The second kappa shape index (κ2) is 9.10. The number of ketones is 1. The molecular formula is C32H19N2O6S4-. The van der Waals surface area contributed by atoms with E-state index in [9.17, 15) is 30.3 Å². The van der Waals surface area contributed by atoms with Crippen LogP contribution < -0.4 is 5.11 Å². The third-order valence-electron chi connectivity index (χ3n) is 8.60. The Balaban J connectivity index is 1.08. The Morgan fingerprint density at radius 2 is 0.841 bits per heavy atom. The molecule has 0 radical (unpaired) electrons. The molecular weight excluding hydrogens is 637 g/mol. The van der Waals surface area contributed by atoms with Gasteiger partial charge in [0, 0.05) is 47.2 Å². The third kappa shape index (κ3) is 3.31. The molecule has 8 aromatic rings. The number of fused-ring (bicyclic) bond motifs is 6. The molecule has 1 fully saturated rings. The number of carbonyl (C=O) groups excluding carboxylic acids is 1. The van der Waals surface area contributed by atoms with E-state index in [1.165, 1.54) is 24.3 Å². The van der Waals surface area contributed by atoms with E-state index < -0.39 is 23.7 Å². The van der Waals surface area contributed by atoms with Crippen LogP contribution in [0.3, 0.4) is 0 Å². The molecule has 0 bridgehead atoms. The highest BCUT2D eigenvalue weighted by Crippen LogP contribution is 2.53. The number of hydrogen-bond donors (Lipinski definition) is 4. The van der Waals surface area contributed by atoms with Gasteiger partial charge in [-0.3, -0.25) is 4.79 Å². The molecule has 1 aliphatic carbocycles. The smallest absolute Gasteiger partial charge is 0.146 e. The van der Waals surface area contributed by atoms with Crippen molar-refractivity contribution in [3.8, 4) is 34.4 Å². The van der Waals surface area contributed by atoms with Crippen molar-refractivity contribution in [2.24, 2.45) is 0 Å². The van der Waals surface area contributed by atoms with Crippen molar-refractivity contribution in [2.75, 3.05) is 0 Å². The summed E-state index contributed by atoms with van der Waals surface area (Å²) in [5.74, 6) is -4.75. The molecule has 8 nitrogen and oxygen atoms in total. The number of Topliss-reactive ketones (excluding diaryl/α,β-unsaturated/α-hetero) is 1. The van der Waals surface area contributed by atoms with Crippen LogP contribution in [0.25, 0.3) is 52.2 Å². The van der Waals surface area contributed by atoms with Crippen molar-refractivity contribution in [3.63, 3.8) is 0 Å². The van der Waals surface area contributed by atoms with Gasteiger partial charge in [0.1, 0.15) is 28.8 Å². The average molecular weight is 656 g/mol. The normalized spacial score (nSPS) is 18.8. The van der Waals surface area contributed by atoms with Crippen molar-refractivity contribution in [2.45, 2.75) is 17.9 Å². The summed E-state index contributed by atoms with van der Waals surface area (Å²) in [4.78, 5) is 13.5. The Bertz CT molecular complexity index is 2160. The van der Waals surface area contributed by atoms with E-state index in [1.54, 1.807) is 45.3 Å². The van der Waals surface area contributed by atoms with Gasteiger partial charge in [0.05, 0.1) is 52.2 Å². The van der Waals surface area contributed by atoms with Crippen molar-refractivity contribution in [1.82, 2.24) is 9.13 Å². The molecule has 1 aliphatic rings. The minimum Gasteiger partial charge on any atom is -0.850 e. The molecule has 2 unspecified atom stereocenters. The number of rotatable bonds is 4. The molecule has 0 amide bonds. The van der Waals surface area contributed by atoms with E-state index in [1.807, 2.05) is 54.9 Å². The molecule has 2 aromatic carbocycles. The van der Waals surface area contributed by atoms with Crippen LogP contribution in [-0.2, 0) is 4.79 Å². The van der Waals surface area contributed by atoms with Crippen molar-refractivity contribution < 1.29 is 30.3 Å². The Kier molecular flexibility index (Phi) is 5.40. The summed E-state index contributed by atoms with van der Waals surface area (Å²) in [6.07, 6.45) is -1.65. The van der Waals surface area contributed by atoms with E-state index in [2.05, 4.69) is 0 Å². The van der Waals surface area contributed by atoms with Gasteiger partial charge in [-0.25, -0.2) is 0 Å². The zero-order valence-electron chi connectivity index (χ0n) is 22.3. The minimum atomic E-state index is -1.65. The Morgan fingerprint density at radius 3 is 1.11 bits per heavy atom. The molecule has 1 saturated carbocycles. The van der Waals surface area contributed by atoms with Gasteiger partial charge in [-0.1, -0.05) is 6.10 Å². The van der Waals surface area contributed by atoms with Gasteiger partial charge in [-0.05, 0) is 45.8 Å². The van der Waals surface area contributed by atoms with Crippen LogP contribution in [0, 0.1) is 0 Å². The summed E-state index contributed by atoms with van der Waals surface area (Å²) >= 11 is 6.42. The lowest BCUT2D eigenvalue weighted by atomic mass is 9.64. The number of thiophene rings is 4. The number of nitrogens with zero attached hydrogens (tertiary/aromatic N) is 2. The van der Waals surface area contributed by atoms with E-state index >= 15 is 0 Å². The van der Waals surface area contributed by atoms with Gasteiger partial charge >= 0.3 is 0 Å². The summed E-state index contributed by atoms with van der Waals surface area (Å²) in [7, 11) is 0. The molecule has 0 saturated heterocycles. The molecule has 0 spiro atoms. The topological polar surface area (TPSA) is 131 Å². The zero-order chi connectivity index (χ0) is 30.0. The zero-order valence-corrected chi connectivity index (χ0v) is 25.6. The lowest BCUT2D eigenvalue weighted by molar-refractivity contribution is -0.436. The Labute approximate surface area is 263 Å². The Morgan fingerprint density at radius 1 is 0.545 bits per heavy atom. The molecule has 0 aliphatic heterocycles. The first-order chi connectivity index (χ1) is 21.3. The van der Waals surface area contributed by atoms with Crippen molar-refractivity contribution >= 4 is 92.0 Å². The lowest BCUT2D eigenvalue weighted by Gasteiger charge is -2.48. The summed E-state index contributed by atoms with van der Waals surface area (Å²) in [6.45, 7) is 0. The highest BCUT2D eigenvalue weighted by atomic mass is 32.1. The largest absolute Gasteiger partial charge is 0.850 e. The van der Waals surface area contributed by atoms with Crippen LogP contribution in [0.15, 0.2) is 70.1 Å². The highest BCUT2D eigenvalue weighted by Gasteiger charge is 2.48. The molecule has 4 N–H and O–H groups in total. The third-order valence-corrected chi connectivity index (χ3v) is 12.5. The fourth-order valence-corrected chi connectivity index (χ4v) is 10.6. The molecule has 12 heteroatoms. The van der Waals surface area contributed by atoms with E-state index in [0.717, 1.165) is 40.9 Å². The first-order valence-corrected chi connectivity index (χ1v) is 17.1. The quantitative estimate of drug-likeness (QED) is 0.160. The maximum atomic E-state index is 13.6. The van der Waals surface area contributed by atoms with Crippen LogP contribution in [-0.4, -0.2) is 41.4 Å². The summed E-state index contributed by atoms with van der Waals surface area (Å²) in [6, 6.07) is 13.7. The lowest BCUT2D eigenvalue weighted by Crippen LogP contribution is -2.55. The summed E-state index contributed by atoms with van der Waals surface area (Å²) < 4.78 is 8.23. The Hall–Kier alpha value is -4.33. The van der Waals surface area contributed by atoms with Crippen LogP contribution in [0.5, 0.6) is 23.0 Å². The number of hydrogen-bond acceptors (Lipinski definition) is 10.